The van der Waals surface area contributed by atoms with Crippen LogP contribution in [-0.4, -0.2) is 48.0 Å². The SMILES string of the molecule is Cc1cc(Nc2nc(-c3ccc(NCCCN(C)C)cc3)c3ccccc3n2)cc(C)c1NC(=O)c1ccccc1. The van der Waals surface area contributed by atoms with Crippen LogP contribution in [0.15, 0.2) is 91.0 Å². The van der Waals surface area contributed by atoms with Crippen LogP contribution in [-0.2, 0) is 0 Å². The van der Waals surface area contributed by atoms with E-state index in [0.717, 1.165) is 69.9 Å². The minimum Gasteiger partial charge on any atom is -0.385 e. The number of anilines is 4. The average Bonchev–Trinajstić information content (AvgIpc) is 2.97. The Hall–Kier alpha value is -4.75. The first-order valence-electron chi connectivity index (χ1n) is 13.9. The van der Waals surface area contributed by atoms with Gasteiger partial charge in [0, 0.05) is 40.1 Å². The standard InChI is InChI=1S/C34H36N6O/c1-23-21-28(22-24(2)31(23)38-33(41)26-11-6-5-7-12-26)36-34-37-30-14-9-8-13-29(30)32(39-34)25-15-17-27(18-16-25)35-19-10-20-40(3)4/h5-9,11-18,21-22,35H,10,19-20H2,1-4H3,(H,38,41)(H,36,37,39). The summed E-state index contributed by atoms with van der Waals surface area (Å²) in [6.45, 7) is 5.95. The van der Waals surface area contributed by atoms with Gasteiger partial charge in [-0.3, -0.25) is 4.79 Å². The Kier molecular flexibility index (Phi) is 8.56. The number of fused-ring (bicyclic) bond motifs is 1. The van der Waals surface area contributed by atoms with Crippen LogP contribution >= 0.6 is 0 Å². The number of para-hydroxylation sites is 1. The van der Waals surface area contributed by atoms with Gasteiger partial charge in [-0.2, -0.15) is 0 Å². The third kappa shape index (κ3) is 6.88. The van der Waals surface area contributed by atoms with Gasteiger partial charge >= 0.3 is 0 Å². The van der Waals surface area contributed by atoms with Gasteiger partial charge in [-0.05, 0) is 94.5 Å². The van der Waals surface area contributed by atoms with E-state index in [1.54, 1.807) is 12.1 Å². The zero-order valence-electron chi connectivity index (χ0n) is 24.0. The van der Waals surface area contributed by atoms with Crippen LogP contribution < -0.4 is 16.0 Å². The van der Waals surface area contributed by atoms with Crippen molar-refractivity contribution < 1.29 is 4.79 Å². The number of hydrogen-bond acceptors (Lipinski definition) is 6. The van der Waals surface area contributed by atoms with Gasteiger partial charge in [0.15, 0.2) is 0 Å². The molecule has 7 nitrogen and oxygen atoms in total. The monoisotopic (exact) mass is 544 g/mol. The van der Waals surface area contributed by atoms with E-state index in [9.17, 15) is 4.79 Å². The van der Waals surface area contributed by atoms with Crippen molar-refractivity contribution in [2.45, 2.75) is 20.3 Å². The second-order valence-corrected chi connectivity index (χ2v) is 10.5. The summed E-state index contributed by atoms with van der Waals surface area (Å²) in [6, 6.07) is 29.7. The van der Waals surface area contributed by atoms with Gasteiger partial charge in [0.25, 0.3) is 5.91 Å². The molecule has 5 aromatic rings. The van der Waals surface area contributed by atoms with Gasteiger partial charge in [0.1, 0.15) is 0 Å². The van der Waals surface area contributed by atoms with Crippen LogP contribution in [0, 0.1) is 13.8 Å². The second-order valence-electron chi connectivity index (χ2n) is 10.5. The Labute approximate surface area is 241 Å². The maximum atomic E-state index is 12.7. The van der Waals surface area contributed by atoms with Gasteiger partial charge in [0.05, 0.1) is 11.2 Å². The third-order valence-electron chi connectivity index (χ3n) is 6.94. The normalized spacial score (nSPS) is 11.0. The first-order chi connectivity index (χ1) is 19.9. The van der Waals surface area contributed by atoms with Crippen molar-refractivity contribution in [3.63, 3.8) is 0 Å². The summed E-state index contributed by atoms with van der Waals surface area (Å²) in [5, 5.41) is 11.0. The Balaban J connectivity index is 1.38. The Morgan fingerprint density at radius 2 is 1.49 bits per heavy atom. The van der Waals surface area contributed by atoms with Gasteiger partial charge in [-0.25, -0.2) is 9.97 Å². The lowest BCUT2D eigenvalue weighted by Gasteiger charge is -2.16. The Bertz CT molecular complexity index is 1630. The summed E-state index contributed by atoms with van der Waals surface area (Å²) in [5.74, 6) is 0.388. The molecule has 0 saturated heterocycles. The van der Waals surface area contributed by atoms with E-state index < -0.39 is 0 Å². The van der Waals surface area contributed by atoms with Gasteiger partial charge < -0.3 is 20.9 Å². The van der Waals surface area contributed by atoms with E-state index in [4.69, 9.17) is 9.97 Å². The van der Waals surface area contributed by atoms with E-state index in [2.05, 4.69) is 65.3 Å². The van der Waals surface area contributed by atoms with Crippen molar-refractivity contribution in [2.24, 2.45) is 0 Å². The molecular weight excluding hydrogens is 508 g/mol. The highest BCUT2D eigenvalue weighted by Crippen LogP contribution is 2.31. The molecule has 0 aliphatic carbocycles. The van der Waals surface area contributed by atoms with E-state index in [1.165, 1.54) is 0 Å². The number of rotatable bonds is 10. The third-order valence-corrected chi connectivity index (χ3v) is 6.94. The highest BCUT2D eigenvalue weighted by Gasteiger charge is 2.13. The molecular formula is C34H36N6O. The summed E-state index contributed by atoms with van der Waals surface area (Å²) in [6.07, 6.45) is 1.08. The Morgan fingerprint density at radius 1 is 0.805 bits per heavy atom. The molecule has 41 heavy (non-hydrogen) atoms. The zero-order chi connectivity index (χ0) is 28.8. The molecule has 0 unspecified atom stereocenters. The number of amides is 1. The highest BCUT2D eigenvalue weighted by molar-refractivity contribution is 6.05. The molecule has 1 amide bonds. The van der Waals surface area contributed by atoms with Crippen LogP contribution in [0.4, 0.5) is 23.0 Å². The average molecular weight is 545 g/mol. The molecule has 4 aromatic carbocycles. The molecule has 0 saturated carbocycles. The molecule has 1 aromatic heterocycles. The van der Waals surface area contributed by atoms with Crippen molar-refractivity contribution in [1.29, 1.82) is 0 Å². The lowest BCUT2D eigenvalue weighted by molar-refractivity contribution is 0.102. The fourth-order valence-corrected chi connectivity index (χ4v) is 4.86. The minimum atomic E-state index is -0.130. The topological polar surface area (TPSA) is 82.2 Å². The van der Waals surface area contributed by atoms with Crippen molar-refractivity contribution in [1.82, 2.24) is 14.9 Å². The number of nitrogens with zero attached hydrogens (tertiary/aromatic N) is 3. The first kappa shape index (κ1) is 27.8. The molecule has 7 heteroatoms. The summed E-state index contributed by atoms with van der Waals surface area (Å²) in [7, 11) is 4.18. The van der Waals surface area contributed by atoms with Crippen molar-refractivity contribution in [3.8, 4) is 11.3 Å². The van der Waals surface area contributed by atoms with Crippen LogP contribution in [0.25, 0.3) is 22.2 Å². The predicted octanol–water partition coefficient (Wildman–Crippen LogP) is 7.27. The molecule has 5 rings (SSSR count). The fourth-order valence-electron chi connectivity index (χ4n) is 4.86. The van der Waals surface area contributed by atoms with Gasteiger partial charge in [-0.15, -0.1) is 0 Å². The number of aromatic nitrogens is 2. The summed E-state index contributed by atoms with van der Waals surface area (Å²) in [4.78, 5) is 24.7. The quantitative estimate of drug-likeness (QED) is 0.160. The van der Waals surface area contributed by atoms with Crippen molar-refractivity contribution in [2.75, 3.05) is 43.1 Å². The number of aryl methyl sites for hydroxylation is 2. The molecule has 0 radical (unpaired) electrons. The van der Waals surface area contributed by atoms with Crippen LogP contribution in [0.3, 0.4) is 0 Å². The number of benzene rings is 4. The lowest BCUT2D eigenvalue weighted by atomic mass is 10.1. The molecule has 0 atom stereocenters. The van der Waals surface area contributed by atoms with E-state index >= 15 is 0 Å². The minimum absolute atomic E-state index is 0.130. The number of carbonyl (C=O) groups excluding carboxylic acids is 1. The second kappa shape index (κ2) is 12.6. The smallest absolute Gasteiger partial charge is 0.255 e. The predicted molar refractivity (Wildman–Crippen MR) is 170 cm³/mol. The lowest BCUT2D eigenvalue weighted by Crippen LogP contribution is -2.16. The number of nitrogens with one attached hydrogen (secondary N) is 3. The molecule has 3 N–H and O–H groups in total. The maximum Gasteiger partial charge on any atom is 0.255 e. The van der Waals surface area contributed by atoms with Crippen molar-refractivity contribution >= 4 is 39.8 Å². The van der Waals surface area contributed by atoms with E-state index in [0.29, 0.717) is 11.5 Å². The van der Waals surface area contributed by atoms with E-state index in [1.807, 2.05) is 62.4 Å². The van der Waals surface area contributed by atoms with E-state index in [-0.39, 0.29) is 5.91 Å². The summed E-state index contributed by atoms with van der Waals surface area (Å²) in [5.41, 5.74) is 8.04. The van der Waals surface area contributed by atoms with Gasteiger partial charge in [0.2, 0.25) is 5.95 Å². The molecule has 0 aliphatic rings. The fraction of sp³-hybridized carbons (Fsp3) is 0.206. The van der Waals surface area contributed by atoms with Crippen LogP contribution in [0.1, 0.15) is 27.9 Å². The molecule has 1 heterocycles. The molecule has 0 fully saturated rings. The molecule has 0 spiro atoms. The maximum absolute atomic E-state index is 12.7. The number of hydrogen-bond donors (Lipinski definition) is 3. The summed E-state index contributed by atoms with van der Waals surface area (Å²) < 4.78 is 0. The largest absolute Gasteiger partial charge is 0.385 e. The molecule has 0 aliphatic heterocycles. The Morgan fingerprint density at radius 3 is 2.20 bits per heavy atom. The molecule has 0 bridgehead atoms. The first-order valence-corrected chi connectivity index (χ1v) is 13.9. The number of carbonyl (C=O) groups is 1. The van der Waals surface area contributed by atoms with Gasteiger partial charge in [-0.1, -0.05) is 48.5 Å². The molecule has 208 valence electrons. The summed E-state index contributed by atoms with van der Waals surface area (Å²) >= 11 is 0. The van der Waals surface area contributed by atoms with Crippen LogP contribution in [0.5, 0.6) is 0 Å². The zero-order valence-corrected chi connectivity index (χ0v) is 24.0. The van der Waals surface area contributed by atoms with Crippen molar-refractivity contribution in [3.05, 3.63) is 108 Å². The highest BCUT2D eigenvalue weighted by atomic mass is 16.1. The van der Waals surface area contributed by atoms with Crippen LogP contribution in [0.2, 0.25) is 0 Å².